The Morgan fingerprint density at radius 3 is 2.79 bits per heavy atom. The normalized spacial score (nSPS) is 16.9. The van der Waals surface area contributed by atoms with Crippen LogP contribution >= 0.6 is 0 Å². The van der Waals surface area contributed by atoms with Crippen LogP contribution in [0.25, 0.3) is 10.9 Å². The van der Waals surface area contributed by atoms with Gasteiger partial charge in [0.2, 0.25) is 0 Å². The first-order valence-corrected chi connectivity index (χ1v) is 13.1. The van der Waals surface area contributed by atoms with Crippen LogP contribution in [-0.2, 0) is 9.73 Å². The molecule has 0 aliphatic carbocycles. The monoisotopic (exact) mass is 493 g/mol. The number of hydrogen-bond acceptors (Lipinski definition) is 7. The molecule has 0 radical (unpaired) electrons. The average Bonchev–Trinajstić information content (AvgIpc) is 3.14. The minimum absolute atomic E-state index is 0.275. The molecular formula is C23H26F3N5O2S. The van der Waals surface area contributed by atoms with Crippen LogP contribution < -0.4 is 10.1 Å². The van der Waals surface area contributed by atoms with Crippen LogP contribution in [0.5, 0.6) is 5.75 Å². The minimum atomic E-state index is -2.41. The minimum Gasteiger partial charge on any atom is -0.487 e. The van der Waals surface area contributed by atoms with Crippen molar-refractivity contribution in [1.82, 2.24) is 14.9 Å². The highest BCUT2D eigenvalue weighted by atomic mass is 32.2. The number of rotatable bonds is 7. The zero-order chi connectivity index (χ0) is 24.5. The number of hydrogen-bond donors (Lipinski definition) is 1. The van der Waals surface area contributed by atoms with Crippen molar-refractivity contribution >= 4 is 37.8 Å². The maximum atomic E-state index is 14.0. The molecule has 0 spiro atoms. The van der Waals surface area contributed by atoms with E-state index >= 15 is 0 Å². The predicted octanol–water partition coefficient (Wildman–Crippen LogP) is 4.90. The first-order valence-electron chi connectivity index (χ1n) is 10.7. The number of nitrogens with zero attached hydrogens (tertiary/aromatic N) is 4. The molecule has 34 heavy (non-hydrogen) atoms. The van der Waals surface area contributed by atoms with Gasteiger partial charge < -0.3 is 10.1 Å². The summed E-state index contributed by atoms with van der Waals surface area (Å²) in [5, 5.41) is 3.94. The zero-order valence-electron chi connectivity index (χ0n) is 19.1. The molecule has 1 atom stereocenters. The van der Waals surface area contributed by atoms with Crippen LogP contribution in [0.3, 0.4) is 0 Å². The maximum Gasteiger partial charge on any atom is 0.251 e. The molecule has 2 aromatic carbocycles. The number of aromatic nitrogens is 2. The third-order valence-electron chi connectivity index (χ3n) is 5.36. The summed E-state index contributed by atoms with van der Waals surface area (Å²) in [6, 6.07) is 7.66. The van der Waals surface area contributed by atoms with Gasteiger partial charge in [-0.3, -0.25) is 4.90 Å². The lowest BCUT2D eigenvalue weighted by Crippen LogP contribution is -2.29. The maximum absolute atomic E-state index is 14.0. The van der Waals surface area contributed by atoms with Gasteiger partial charge in [0.25, 0.3) is 6.43 Å². The summed E-state index contributed by atoms with van der Waals surface area (Å²) >= 11 is 0. The predicted molar refractivity (Wildman–Crippen MR) is 128 cm³/mol. The van der Waals surface area contributed by atoms with Crippen LogP contribution in [0, 0.1) is 12.7 Å². The number of anilines is 2. The lowest BCUT2D eigenvalue weighted by Gasteiger charge is -2.19. The number of halogens is 3. The number of likely N-dealkylation sites (tertiary alicyclic amines) is 1. The second-order valence-electron chi connectivity index (χ2n) is 8.60. The second-order valence-corrected chi connectivity index (χ2v) is 11.1. The van der Waals surface area contributed by atoms with Crippen LogP contribution in [0.1, 0.15) is 12.0 Å². The fraction of sp³-hybridized carbons (Fsp3) is 0.391. The van der Waals surface area contributed by atoms with Crippen molar-refractivity contribution in [3.8, 4) is 5.75 Å². The van der Waals surface area contributed by atoms with Gasteiger partial charge in [-0.05, 0) is 43.2 Å². The number of alkyl halides is 2. The van der Waals surface area contributed by atoms with Crippen LogP contribution in [0.15, 0.2) is 41.0 Å². The Kier molecular flexibility index (Phi) is 6.94. The third kappa shape index (κ3) is 5.95. The van der Waals surface area contributed by atoms with E-state index in [1.54, 1.807) is 29.5 Å². The average molecular weight is 494 g/mol. The number of ether oxygens (including phenoxy) is 1. The Morgan fingerprint density at radius 2 is 2.06 bits per heavy atom. The molecule has 0 saturated carbocycles. The molecule has 3 aromatic rings. The van der Waals surface area contributed by atoms with Gasteiger partial charge in [0.05, 0.1) is 23.4 Å². The molecule has 1 saturated heterocycles. The van der Waals surface area contributed by atoms with E-state index in [9.17, 15) is 17.4 Å². The summed E-state index contributed by atoms with van der Waals surface area (Å²) in [6.07, 6.45) is 2.36. The highest BCUT2D eigenvalue weighted by Gasteiger charge is 2.27. The van der Waals surface area contributed by atoms with E-state index < -0.39 is 22.0 Å². The van der Waals surface area contributed by atoms with Crippen LogP contribution in [-0.4, -0.2) is 63.8 Å². The summed E-state index contributed by atoms with van der Waals surface area (Å²) in [5.74, 6) is 0.294. The van der Waals surface area contributed by atoms with E-state index in [0.717, 1.165) is 10.9 Å². The van der Waals surface area contributed by atoms with Crippen molar-refractivity contribution in [2.45, 2.75) is 25.9 Å². The number of aryl methyl sites for hydroxylation is 1. The Labute approximate surface area is 196 Å². The van der Waals surface area contributed by atoms with E-state index in [4.69, 9.17) is 4.74 Å². The Balaban J connectivity index is 1.63. The molecule has 1 N–H and O–H groups in total. The second kappa shape index (κ2) is 9.75. The first kappa shape index (κ1) is 24.2. The molecule has 1 aliphatic rings. The molecule has 0 unspecified atom stereocenters. The topological polar surface area (TPSA) is 79.7 Å². The van der Waals surface area contributed by atoms with Crippen molar-refractivity contribution in [3.05, 3.63) is 48.0 Å². The van der Waals surface area contributed by atoms with Crippen LogP contribution in [0.2, 0.25) is 0 Å². The molecule has 1 aliphatic heterocycles. The van der Waals surface area contributed by atoms with Crippen LogP contribution in [0.4, 0.5) is 30.4 Å². The molecular weight excluding hydrogens is 467 g/mol. The number of benzene rings is 2. The molecule has 11 heteroatoms. The highest BCUT2D eigenvalue weighted by Crippen LogP contribution is 2.34. The van der Waals surface area contributed by atoms with Gasteiger partial charge in [-0.1, -0.05) is 0 Å². The SMILES string of the molecule is Cc1cc(N=S(C)(C)=O)cc2ncnc(Nc3ccc(F)cc3O[C@@H]3CCN(CC(F)F)C3)c12. The van der Waals surface area contributed by atoms with Gasteiger partial charge in [0, 0.05) is 46.8 Å². The smallest absolute Gasteiger partial charge is 0.251 e. The van der Waals surface area contributed by atoms with Gasteiger partial charge in [-0.2, -0.15) is 4.36 Å². The molecule has 182 valence electrons. The quantitative estimate of drug-likeness (QED) is 0.505. The first-order chi connectivity index (χ1) is 16.1. The van der Waals surface area contributed by atoms with Gasteiger partial charge >= 0.3 is 0 Å². The van der Waals surface area contributed by atoms with Gasteiger partial charge in [-0.15, -0.1) is 0 Å². The molecule has 4 rings (SSSR count). The molecule has 7 nitrogen and oxygen atoms in total. The van der Waals surface area contributed by atoms with E-state index in [2.05, 4.69) is 19.6 Å². The van der Waals surface area contributed by atoms with Crippen molar-refractivity contribution < 1.29 is 22.1 Å². The molecule has 1 fully saturated rings. The van der Waals surface area contributed by atoms with Crippen molar-refractivity contribution in [2.24, 2.45) is 4.36 Å². The van der Waals surface area contributed by atoms with E-state index in [1.165, 1.54) is 18.5 Å². The van der Waals surface area contributed by atoms with Crippen molar-refractivity contribution in [1.29, 1.82) is 0 Å². The van der Waals surface area contributed by atoms with Crippen molar-refractivity contribution in [3.63, 3.8) is 0 Å². The summed E-state index contributed by atoms with van der Waals surface area (Å²) < 4.78 is 61.8. The molecule has 2 heterocycles. The third-order valence-corrected chi connectivity index (χ3v) is 6.01. The number of fused-ring (bicyclic) bond motifs is 1. The Hall–Kier alpha value is -2.92. The Bertz CT molecular complexity index is 1320. The molecule has 1 aromatic heterocycles. The summed E-state index contributed by atoms with van der Waals surface area (Å²) in [5.41, 5.74) is 2.49. The van der Waals surface area contributed by atoms with Crippen molar-refractivity contribution in [2.75, 3.05) is 37.5 Å². The Morgan fingerprint density at radius 1 is 1.26 bits per heavy atom. The van der Waals surface area contributed by atoms with Gasteiger partial charge in [0.1, 0.15) is 29.8 Å². The fourth-order valence-electron chi connectivity index (χ4n) is 4.03. The lowest BCUT2D eigenvalue weighted by molar-refractivity contribution is 0.0931. The molecule has 0 bridgehead atoms. The summed E-state index contributed by atoms with van der Waals surface area (Å²) in [6.45, 7) is 2.42. The van der Waals surface area contributed by atoms with E-state index in [-0.39, 0.29) is 18.4 Å². The molecule has 0 amide bonds. The standard InChI is InChI=1S/C23H26F3N5O2S/c1-14-8-16(30-34(2,3)32)10-19-22(14)23(28-13-27-19)29-18-5-4-15(24)9-20(18)33-17-6-7-31(11-17)12-21(25)26/h4-5,8-10,13,17,21H,6-7,11-12H2,1-3H3,(H,27,28,29)/t17-/m1/s1. The summed E-state index contributed by atoms with van der Waals surface area (Å²) in [4.78, 5) is 10.3. The van der Waals surface area contributed by atoms with E-state index in [0.29, 0.717) is 42.2 Å². The largest absolute Gasteiger partial charge is 0.487 e. The highest BCUT2D eigenvalue weighted by molar-refractivity contribution is 7.92. The van der Waals surface area contributed by atoms with E-state index in [1.807, 2.05) is 13.0 Å². The lowest BCUT2D eigenvalue weighted by atomic mass is 10.1. The van der Waals surface area contributed by atoms with Gasteiger partial charge in [-0.25, -0.2) is 27.3 Å². The number of nitrogens with one attached hydrogen (secondary N) is 1. The zero-order valence-corrected chi connectivity index (χ0v) is 19.9. The summed E-state index contributed by atoms with van der Waals surface area (Å²) in [7, 11) is -2.33. The fourth-order valence-corrected chi connectivity index (χ4v) is 4.65. The van der Waals surface area contributed by atoms with Gasteiger partial charge in [0.15, 0.2) is 0 Å².